The van der Waals surface area contributed by atoms with E-state index in [1.807, 2.05) is 16.7 Å². The van der Waals surface area contributed by atoms with E-state index in [-0.39, 0.29) is 23.5 Å². The number of piperazine rings is 1. The Morgan fingerprint density at radius 2 is 1.67 bits per heavy atom. The third-order valence-electron chi connectivity index (χ3n) is 5.20. The van der Waals surface area contributed by atoms with Crippen molar-refractivity contribution in [1.29, 1.82) is 0 Å². The van der Waals surface area contributed by atoms with E-state index in [0.29, 0.717) is 44.9 Å². The molecule has 1 aromatic rings. The molecule has 24 heavy (non-hydrogen) atoms. The predicted molar refractivity (Wildman–Crippen MR) is 89.8 cm³/mol. The van der Waals surface area contributed by atoms with Crippen molar-refractivity contribution in [2.24, 2.45) is 11.8 Å². The summed E-state index contributed by atoms with van der Waals surface area (Å²) < 4.78 is 12.9. The highest BCUT2D eigenvalue weighted by Crippen LogP contribution is 2.37. The van der Waals surface area contributed by atoms with Crippen molar-refractivity contribution in [3.63, 3.8) is 0 Å². The van der Waals surface area contributed by atoms with Crippen molar-refractivity contribution in [1.82, 2.24) is 9.80 Å². The highest BCUT2D eigenvalue weighted by atomic mass is 19.1. The van der Waals surface area contributed by atoms with Gasteiger partial charge in [0.05, 0.1) is 0 Å². The summed E-state index contributed by atoms with van der Waals surface area (Å²) in [7, 11) is 0. The van der Waals surface area contributed by atoms with Crippen LogP contribution in [0.5, 0.6) is 0 Å². The first-order chi connectivity index (χ1) is 11.5. The van der Waals surface area contributed by atoms with E-state index in [2.05, 4.69) is 0 Å². The van der Waals surface area contributed by atoms with Gasteiger partial charge in [-0.25, -0.2) is 4.39 Å². The summed E-state index contributed by atoms with van der Waals surface area (Å²) in [5.74, 6) is 0.808. The number of hydrogen-bond acceptors (Lipinski definition) is 2. The molecule has 1 atom stereocenters. The molecule has 1 saturated carbocycles. The van der Waals surface area contributed by atoms with Crippen LogP contribution < -0.4 is 0 Å². The maximum absolute atomic E-state index is 12.9. The molecule has 1 aliphatic carbocycles. The maximum Gasteiger partial charge on any atom is 0.225 e. The number of benzene rings is 1. The van der Waals surface area contributed by atoms with Crippen LogP contribution in [0.4, 0.5) is 4.39 Å². The number of carbonyl (C=O) groups excluding carboxylic acids is 2. The van der Waals surface area contributed by atoms with Crippen molar-refractivity contribution in [3.8, 4) is 0 Å². The first-order valence-electron chi connectivity index (χ1n) is 8.85. The quantitative estimate of drug-likeness (QED) is 0.831. The minimum absolute atomic E-state index is 0.113. The van der Waals surface area contributed by atoms with Gasteiger partial charge in [-0.3, -0.25) is 9.59 Å². The molecule has 2 aliphatic rings. The number of halogens is 1. The second kappa shape index (κ2) is 7.32. The van der Waals surface area contributed by atoms with E-state index < -0.39 is 0 Å². The Hall–Kier alpha value is -1.91. The number of hydrogen-bond donors (Lipinski definition) is 0. The predicted octanol–water partition coefficient (Wildman–Crippen LogP) is 2.48. The Kier molecular flexibility index (Phi) is 5.17. The van der Waals surface area contributed by atoms with E-state index >= 15 is 0 Å². The lowest BCUT2D eigenvalue weighted by atomic mass is 10.0. The van der Waals surface area contributed by atoms with Gasteiger partial charge in [0.25, 0.3) is 0 Å². The highest BCUT2D eigenvalue weighted by molar-refractivity contribution is 5.80. The Morgan fingerprint density at radius 1 is 1.08 bits per heavy atom. The number of aryl methyl sites for hydroxylation is 1. The molecular weight excluding hydrogens is 307 g/mol. The summed E-state index contributed by atoms with van der Waals surface area (Å²) in [5, 5.41) is 0. The first kappa shape index (κ1) is 16.9. The van der Waals surface area contributed by atoms with Gasteiger partial charge in [-0.05, 0) is 42.9 Å². The fraction of sp³-hybridized carbons (Fsp3) is 0.579. The molecule has 5 heteroatoms. The zero-order valence-electron chi connectivity index (χ0n) is 14.2. The molecule has 0 aromatic heterocycles. The number of nitrogens with zero attached hydrogens (tertiary/aromatic N) is 2. The van der Waals surface area contributed by atoms with Crippen molar-refractivity contribution < 1.29 is 14.0 Å². The molecule has 3 rings (SSSR count). The van der Waals surface area contributed by atoms with Crippen LogP contribution in [-0.4, -0.2) is 47.8 Å². The van der Waals surface area contributed by atoms with Crippen LogP contribution >= 0.6 is 0 Å². The van der Waals surface area contributed by atoms with Gasteiger partial charge in [-0.2, -0.15) is 0 Å². The number of amides is 2. The Labute approximate surface area is 142 Å². The molecule has 1 aromatic carbocycles. The zero-order chi connectivity index (χ0) is 17.1. The topological polar surface area (TPSA) is 40.6 Å². The number of carbonyl (C=O) groups is 2. The van der Waals surface area contributed by atoms with Gasteiger partial charge in [-0.1, -0.05) is 19.1 Å². The molecule has 0 spiro atoms. The van der Waals surface area contributed by atoms with E-state index in [9.17, 15) is 14.0 Å². The van der Waals surface area contributed by atoms with Gasteiger partial charge >= 0.3 is 0 Å². The third-order valence-corrected chi connectivity index (χ3v) is 5.20. The first-order valence-corrected chi connectivity index (χ1v) is 8.85. The molecule has 0 radical (unpaired) electrons. The standard InChI is InChI=1S/C19H25FN2O2/c1-14(16-5-6-16)19(24)22-12-10-21(11-13-22)18(23)9-4-15-2-7-17(20)8-3-15/h2-3,7-8,14,16H,4-6,9-13H2,1H3. The van der Waals surface area contributed by atoms with Gasteiger partial charge < -0.3 is 9.80 Å². The summed E-state index contributed by atoms with van der Waals surface area (Å²) in [6.07, 6.45) is 3.40. The summed E-state index contributed by atoms with van der Waals surface area (Å²) in [6, 6.07) is 6.29. The SMILES string of the molecule is CC(C(=O)N1CCN(C(=O)CCc2ccc(F)cc2)CC1)C1CC1. The Balaban J connectivity index is 1.43. The van der Waals surface area contributed by atoms with E-state index in [1.54, 1.807) is 12.1 Å². The lowest BCUT2D eigenvalue weighted by Gasteiger charge is -2.36. The van der Waals surface area contributed by atoms with E-state index in [4.69, 9.17) is 0 Å². The Morgan fingerprint density at radius 3 is 2.25 bits per heavy atom. The summed E-state index contributed by atoms with van der Waals surface area (Å²) >= 11 is 0. The van der Waals surface area contributed by atoms with Gasteiger partial charge in [0, 0.05) is 38.5 Å². The fourth-order valence-electron chi connectivity index (χ4n) is 3.32. The molecule has 1 saturated heterocycles. The van der Waals surface area contributed by atoms with Crippen LogP contribution in [0.1, 0.15) is 31.7 Å². The smallest absolute Gasteiger partial charge is 0.225 e. The molecule has 0 bridgehead atoms. The molecule has 1 aliphatic heterocycles. The minimum atomic E-state index is -0.258. The van der Waals surface area contributed by atoms with Crippen molar-refractivity contribution in [2.45, 2.75) is 32.6 Å². The molecule has 2 fully saturated rings. The van der Waals surface area contributed by atoms with Gasteiger partial charge in [0.1, 0.15) is 5.82 Å². The van der Waals surface area contributed by atoms with Crippen molar-refractivity contribution in [3.05, 3.63) is 35.6 Å². The summed E-state index contributed by atoms with van der Waals surface area (Å²) in [5.41, 5.74) is 0.969. The third kappa shape index (κ3) is 4.13. The van der Waals surface area contributed by atoms with Gasteiger partial charge in [-0.15, -0.1) is 0 Å². The molecule has 2 amide bonds. The van der Waals surface area contributed by atoms with Crippen LogP contribution in [0.15, 0.2) is 24.3 Å². The zero-order valence-corrected chi connectivity index (χ0v) is 14.2. The number of rotatable bonds is 5. The highest BCUT2D eigenvalue weighted by Gasteiger charge is 2.36. The van der Waals surface area contributed by atoms with Gasteiger partial charge in [0.15, 0.2) is 0 Å². The molecular formula is C19H25FN2O2. The van der Waals surface area contributed by atoms with Crippen LogP contribution in [0.25, 0.3) is 0 Å². The van der Waals surface area contributed by atoms with Crippen molar-refractivity contribution >= 4 is 11.8 Å². The second-order valence-corrected chi connectivity index (χ2v) is 6.96. The monoisotopic (exact) mass is 332 g/mol. The molecule has 0 N–H and O–H groups in total. The summed E-state index contributed by atoms with van der Waals surface area (Å²) in [6.45, 7) is 4.54. The van der Waals surface area contributed by atoms with Crippen LogP contribution in [0, 0.1) is 17.7 Å². The lowest BCUT2D eigenvalue weighted by molar-refractivity contribution is -0.142. The van der Waals surface area contributed by atoms with Crippen LogP contribution in [0.2, 0.25) is 0 Å². The van der Waals surface area contributed by atoms with Crippen LogP contribution in [0.3, 0.4) is 0 Å². The second-order valence-electron chi connectivity index (χ2n) is 6.96. The van der Waals surface area contributed by atoms with E-state index in [1.165, 1.54) is 25.0 Å². The van der Waals surface area contributed by atoms with Crippen LogP contribution in [-0.2, 0) is 16.0 Å². The average Bonchev–Trinajstić information content (AvgIpc) is 3.45. The minimum Gasteiger partial charge on any atom is -0.339 e. The summed E-state index contributed by atoms with van der Waals surface area (Å²) in [4.78, 5) is 28.5. The lowest BCUT2D eigenvalue weighted by Crippen LogP contribution is -2.52. The Bertz CT molecular complexity index is 590. The molecule has 1 heterocycles. The maximum atomic E-state index is 12.9. The molecule has 4 nitrogen and oxygen atoms in total. The largest absolute Gasteiger partial charge is 0.339 e. The fourth-order valence-corrected chi connectivity index (χ4v) is 3.32. The molecule has 1 unspecified atom stereocenters. The average molecular weight is 332 g/mol. The van der Waals surface area contributed by atoms with Gasteiger partial charge in [0.2, 0.25) is 11.8 Å². The van der Waals surface area contributed by atoms with Crippen molar-refractivity contribution in [2.75, 3.05) is 26.2 Å². The molecule has 130 valence electrons. The van der Waals surface area contributed by atoms with E-state index in [0.717, 1.165) is 5.56 Å². The normalized spacial score (nSPS) is 19.2.